The highest BCUT2D eigenvalue weighted by atomic mass is 16.3. The molecular weight excluding hydrogens is 214 g/mol. The molecule has 2 fully saturated rings. The third-order valence-corrected chi connectivity index (χ3v) is 4.38. The molecule has 2 aliphatic carbocycles. The Labute approximate surface area is 102 Å². The minimum Gasteiger partial charge on any atom is -0.386 e. The Kier molecular flexibility index (Phi) is 2.74. The molecule has 0 aromatic heterocycles. The smallest absolute Gasteiger partial charge is 0.226 e. The molecule has 0 atom stereocenters. The fourth-order valence-corrected chi connectivity index (χ4v) is 3.04. The Balaban J connectivity index is 1.49. The predicted molar refractivity (Wildman–Crippen MR) is 65.4 cm³/mol. The molecule has 3 heteroatoms. The molecular formula is C14H21NO2. The quantitative estimate of drug-likeness (QED) is 0.759. The SMILES string of the molecule is O=C(CC1=CCCCC1)N1CC(O)(C2CC2)C1. The molecule has 1 heterocycles. The van der Waals surface area contributed by atoms with Gasteiger partial charge in [-0.1, -0.05) is 11.6 Å². The summed E-state index contributed by atoms with van der Waals surface area (Å²) in [5, 5.41) is 10.2. The van der Waals surface area contributed by atoms with Gasteiger partial charge in [-0.05, 0) is 44.4 Å². The fraction of sp³-hybridized carbons (Fsp3) is 0.786. The van der Waals surface area contributed by atoms with Crippen molar-refractivity contribution in [3.8, 4) is 0 Å². The molecule has 0 aromatic carbocycles. The number of allylic oxidation sites excluding steroid dienone is 1. The maximum atomic E-state index is 12.0. The summed E-state index contributed by atoms with van der Waals surface area (Å²) >= 11 is 0. The molecule has 1 saturated heterocycles. The van der Waals surface area contributed by atoms with Crippen LogP contribution in [-0.2, 0) is 4.79 Å². The number of carbonyl (C=O) groups is 1. The third-order valence-electron chi connectivity index (χ3n) is 4.38. The molecule has 0 unspecified atom stereocenters. The van der Waals surface area contributed by atoms with Gasteiger partial charge in [0.05, 0.1) is 13.1 Å². The first-order valence-electron chi connectivity index (χ1n) is 6.85. The van der Waals surface area contributed by atoms with Crippen molar-refractivity contribution in [2.24, 2.45) is 5.92 Å². The highest BCUT2D eigenvalue weighted by Gasteiger charge is 2.53. The lowest BCUT2D eigenvalue weighted by Gasteiger charge is -2.47. The number of hydrogen-bond acceptors (Lipinski definition) is 2. The molecule has 0 radical (unpaired) electrons. The van der Waals surface area contributed by atoms with E-state index in [1.807, 2.05) is 4.90 Å². The average Bonchev–Trinajstić information content (AvgIpc) is 3.10. The van der Waals surface area contributed by atoms with E-state index in [2.05, 4.69) is 6.08 Å². The lowest BCUT2D eigenvalue weighted by atomic mass is 9.87. The predicted octanol–water partition coefficient (Wildman–Crippen LogP) is 1.86. The number of likely N-dealkylation sites (tertiary alicyclic amines) is 1. The fourth-order valence-electron chi connectivity index (χ4n) is 3.04. The summed E-state index contributed by atoms with van der Waals surface area (Å²) in [6.07, 6.45) is 9.82. The monoisotopic (exact) mass is 235 g/mol. The van der Waals surface area contributed by atoms with Crippen LogP contribution in [0.5, 0.6) is 0 Å². The second kappa shape index (κ2) is 4.13. The van der Waals surface area contributed by atoms with Crippen LogP contribution in [0.3, 0.4) is 0 Å². The summed E-state index contributed by atoms with van der Waals surface area (Å²) in [6.45, 7) is 1.15. The summed E-state index contributed by atoms with van der Waals surface area (Å²) in [5.74, 6) is 0.684. The maximum absolute atomic E-state index is 12.0. The van der Waals surface area contributed by atoms with Crippen LogP contribution in [-0.4, -0.2) is 34.6 Å². The Morgan fingerprint density at radius 2 is 2.18 bits per heavy atom. The first-order chi connectivity index (χ1) is 8.17. The van der Waals surface area contributed by atoms with Crippen molar-refractivity contribution in [1.82, 2.24) is 4.90 Å². The first-order valence-corrected chi connectivity index (χ1v) is 6.85. The topological polar surface area (TPSA) is 40.5 Å². The van der Waals surface area contributed by atoms with Gasteiger partial charge < -0.3 is 10.0 Å². The Morgan fingerprint density at radius 1 is 1.41 bits per heavy atom. The minimum absolute atomic E-state index is 0.212. The van der Waals surface area contributed by atoms with Crippen LogP contribution in [0, 0.1) is 5.92 Å². The van der Waals surface area contributed by atoms with Gasteiger partial charge in [0.25, 0.3) is 0 Å². The normalized spacial score (nSPS) is 27.4. The third kappa shape index (κ3) is 2.25. The van der Waals surface area contributed by atoms with Crippen LogP contribution >= 0.6 is 0 Å². The first kappa shape index (κ1) is 11.3. The average molecular weight is 235 g/mol. The second-order valence-electron chi connectivity index (χ2n) is 5.91. The van der Waals surface area contributed by atoms with Crippen molar-refractivity contribution in [2.45, 2.75) is 50.5 Å². The van der Waals surface area contributed by atoms with E-state index in [1.54, 1.807) is 0 Å². The lowest BCUT2D eigenvalue weighted by Crippen LogP contribution is -2.64. The number of amides is 1. The van der Waals surface area contributed by atoms with E-state index >= 15 is 0 Å². The molecule has 0 spiro atoms. The highest BCUT2D eigenvalue weighted by molar-refractivity contribution is 5.80. The zero-order chi connectivity index (χ0) is 11.9. The Morgan fingerprint density at radius 3 is 2.76 bits per heavy atom. The van der Waals surface area contributed by atoms with Crippen LogP contribution < -0.4 is 0 Å². The van der Waals surface area contributed by atoms with Gasteiger partial charge in [0.1, 0.15) is 5.60 Å². The lowest BCUT2D eigenvalue weighted by molar-refractivity contribution is -0.158. The minimum atomic E-state index is -0.531. The van der Waals surface area contributed by atoms with E-state index in [0.29, 0.717) is 25.4 Å². The zero-order valence-electron chi connectivity index (χ0n) is 10.3. The summed E-state index contributed by atoms with van der Waals surface area (Å²) in [6, 6.07) is 0. The van der Waals surface area contributed by atoms with Crippen molar-refractivity contribution in [1.29, 1.82) is 0 Å². The van der Waals surface area contributed by atoms with Gasteiger partial charge in [-0.2, -0.15) is 0 Å². The molecule has 1 amide bonds. The molecule has 0 aromatic rings. The van der Waals surface area contributed by atoms with E-state index in [1.165, 1.54) is 18.4 Å². The van der Waals surface area contributed by atoms with Crippen LogP contribution in [0.1, 0.15) is 44.9 Å². The molecule has 1 N–H and O–H groups in total. The van der Waals surface area contributed by atoms with Crippen molar-refractivity contribution in [3.05, 3.63) is 11.6 Å². The molecule has 3 nitrogen and oxygen atoms in total. The molecule has 1 saturated carbocycles. The van der Waals surface area contributed by atoms with E-state index < -0.39 is 5.60 Å². The second-order valence-corrected chi connectivity index (χ2v) is 5.91. The van der Waals surface area contributed by atoms with Gasteiger partial charge in [0.2, 0.25) is 5.91 Å². The van der Waals surface area contributed by atoms with Gasteiger partial charge in [-0.3, -0.25) is 4.79 Å². The van der Waals surface area contributed by atoms with Crippen molar-refractivity contribution < 1.29 is 9.90 Å². The van der Waals surface area contributed by atoms with E-state index in [-0.39, 0.29) is 5.91 Å². The Hall–Kier alpha value is -0.830. The number of β-amino-alcohol motifs (C(OH)–C–C–N with tert-alkyl or cyclic N) is 1. The van der Waals surface area contributed by atoms with Crippen molar-refractivity contribution in [2.75, 3.05) is 13.1 Å². The van der Waals surface area contributed by atoms with E-state index in [4.69, 9.17) is 0 Å². The van der Waals surface area contributed by atoms with E-state index in [9.17, 15) is 9.90 Å². The maximum Gasteiger partial charge on any atom is 0.226 e. The van der Waals surface area contributed by atoms with E-state index in [0.717, 1.165) is 25.7 Å². The number of carbonyl (C=O) groups excluding carboxylic acids is 1. The molecule has 17 heavy (non-hydrogen) atoms. The van der Waals surface area contributed by atoms with Crippen molar-refractivity contribution in [3.63, 3.8) is 0 Å². The number of aliphatic hydroxyl groups is 1. The summed E-state index contributed by atoms with van der Waals surface area (Å²) in [5.41, 5.74) is 0.777. The van der Waals surface area contributed by atoms with Gasteiger partial charge in [-0.15, -0.1) is 0 Å². The van der Waals surface area contributed by atoms with Crippen molar-refractivity contribution >= 4 is 5.91 Å². The Bertz CT molecular complexity index is 351. The zero-order valence-corrected chi connectivity index (χ0v) is 10.3. The largest absolute Gasteiger partial charge is 0.386 e. The standard InChI is InChI=1S/C14H21NO2/c16-13(8-11-4-2-1-3-5-11)15-9-14(17,10-15)12-6-7-12/h4,12,17H,1-3,5-10H2. The van der Waals surface area contributed by atoms with Gasteiger partial charge >= 0.3 is 0 Å². The van der Waals surface area contributed by atoms with Crippen LogP contribution in [0.4, 0.5) is 0 Å². The van der Waals surface area contributed by atoms with Gasteiger partial charge in [0.15, 0.2) is 0 Å². The number of nitrogens with zero attached hydrogens (tertiary/aromatic N) is 1. The molecule has 0 bridgehead atoms. The molecule has 3 aliphatic rings. The van der Waals surface area contributed by atoms with Crippen LogP contribution in [0.25, 0.3) is 0 Å². The summed E-state index contributed by atoms with van der Waals surface area (Å²) < 4.78 is 0. The van der Waals surface area contributed by atoms with Gasteiger partial charge in [0, 0.05) is 6.42 Å². The van der Waals surface area contributed by atoms with Crippen LogP contribution in [0.15, 0.2) is 11.6 Å². The van der Waals surface area contributed by atoms with Gasteiger partial charge in [-0.25, -0.2) is 0 Å². The van der Waals surface area contributed by atoms with Crippen LogP contribution in [0.2, 0.25) is 0 Å². The molecule has 3 rings (SSSR count). The highest BCUT2D eigenvalue weighted by Crippen LogP contribution is 2.44. The number of rotatable bonds is 3. The summed E-state index contributed by atoms with van der Waals surface area (Å²) in [7, 11) is 0. The molecule has 94 valence electrons. The molecule has 1 aliphatic heterocycles. The summed E-state index contributed by atoms with van der Waals surface area (Å²) in [4.78, 5) is 13.8. The number of hydrogen-bond donors (Lipinski definition) is 1.